The molecule has 2 N–H and O–H groups in total. The topological polar surface area (TPSA) is 69.6 Å². The van der Waals surface area contributed by atoms with Crippen LogP contribution in [0.25, 0.3) is 6.08 Å². The Kier molecular flexibility index (Phi) is 4.06. The highest BCUT2D eigenvalue weighted by Gasteiger charge is 2.18. The van der Waals surface area contributed by atoms with Crippen molar-refractivity contribution in [1.29, 1.82) is 0 Å². The van der Waals surface area contributed by atoms with Crippen LogP contribution in [0.5, 0.6) is 0 Å². The van der Waals surface area contributed by atoms with Crippen LogP contribution in [-0.4, -0.2) is 36.6 Å². The van der Waals surface area contributed by atoms with Crippen molar-refractivity contribution >= 4 is 35.2 Å². The molecule has 1 aromatic rings. The summed E-state index contributed by atoms with van der Waals surface area (Å²) in [6.07, 6.45) is 2.54. The van der Waals surface area contributed by atoms with Crippen molar-refractivity contribution in [2.24, 2.45) is 0 Å². The maximum Gasteiger partial charge on any atom is 0.328 e. The Bertz CT molecular complexity index is 543. The number of piperazine rings is 1. The molecule has 1 aliphatic rings. The molecule has 1 aliphatic heterocycles. The number of benzene rings is 1. The van der Waals surface area contributed by atoms with E-state index < -0.39 is 5.97 Å². The summed E-state index contributed by atoms with van der Waals surface area (Å²) in [4.78, 5) is 23.9. The lowest BCUT2D eigenvalue weighted by atomic mass is 10.1. The average Bonchev–Trinajstić information content (AvgIpc) is 2.36. The molecule has 1 saturated heterocycles. The van der Waals surface area contributed by atoms with Crippen LogP contribution in [-0.2, 0) is 9.59 Å². The fraction of sp³-hybridized carbons (Fsp3) is 0.231. The van der Waals surface area contributed by atoms with E-state index in [0.717, 1.165) is 11.8 Å². The van der Waals surface area contributed by atoms with Gasteiger partial charge in [0.1, 0.15) is 0 Å². The molecule has 0 unspecified atom stereocenters. The van der Waals surface area contributed by atoms with Gasteiger partial charge >= 0.3 is 5.97 Å². The van der Waals surface area contributed by atoms with Gasteiger partial charge < -0.3 is 15.3 Å². The number of amides is 1. The van der Waals surface area contributed by atoms with Crippen LogP contribution in [0.1, 0.15) is 5.56 Å². The van der Waals surface area contributed by atoms with Gasteiger partial charge in [0.15, 0.2) is 0 Å². The van der Waals surface area contributed by atoms with Crippen LogP contribution in [0.4, 0.5) is 5.69 Å². The molecule has 0 aliphatic carbocycles. The summed E-state index contributed by atoms with van der Waals surface area (Å²) < 4.78 is 0. The predicted octanol–water partition coefficient (Wildman–Crippen LogP) is 1.37. The van der Waals surface area contributed by atoms with Gasteiger partial charge in [0.25, 0.3) is 0 Å². The molecule has 0 spiro atoms. The zero-order valence-electron chi connectivity index (χ0n) is 10.1. The largest absolute Gasteiger partial charge is 0.478 e. The first-order chi connectivity index (χ1) is 9.06. The second-order valence-corrected chi connectivity index (χ2v) is 4.58. The summed E-state index contributed by atoms with van der Waals surface area (Å²) in [5.41, 5.74) is 1.49. The Morgan fingerprint density at radius 2 is 2.26 bits per heavy atom. The molecule has 100 valence electrons. The smallest absolute Gasteiger partial charge is 0.328 e. The number of carboxylic acid groups (broad SMARTS) is 1. The molecule has 2 rings (SSSR count). The van der Waals surface area contributed by atoms with Gasteiger partial charge in [0.05, 0.1) is 6.54 Å². The number of nitrogens with one attached hydrogen (secondary N) is 1. The summed E-state index contributed by atoms with van der Waals surface area (Å²) in [7, 11) is 0. The summed E-state index contributed by atoms with van der Waals surface area (Å²) >= 11 is 5.92. The number of hydrogen-bond acceptors (Lipinski definition) is 3. The number of halogens is 1. The van der Waals surface area contributed by atoms with Gasteiger partial charge in [0.2, 0.25) is 5.91 Å². The first kappa shape index (κ1) is 13.4. The number of carboxylic acids is 1. The summed E-state index contributed by atoms with van der Waals surface area (Å²) in [5.74, 6) is -1.07. The van der Waals surface area contributed by atoms with Gasteiger partial charge in [-0.1, -0.05) is 11.6 Å². The van der Waals surface area contributed by atoms with E-state index in [1.165, 1.54) is 6.08 Å². The molecule has 0 bridgehead atoms. The van der Waals surface area contributed by atoms with E-state index in [9.17, 15) is 9.59 Å². The van der Waals surface area contributed by atoms with Crippen LogP contribution in [0.3, 0.4) is 0 Å². The Balaban J connectivity index is 2.33. The lowest BCUT2D eigenvalue weighted by molar-refractivity contribution is -0.131. The van der Waals surface area contributed by atoms with Crippen LogP contribution in [0.15, 0.2) is 24.3 Å². The molecule has 6 heteroatoms. The van der Waals surface area contributed by atoms with Crippen molar-refractivity contribution in [3.8, 4) is 0 Å². The van der Waals surface area contributed by atoms with E-state index in [1.54, 1.807) is 18.2 Å². The molecule has 1 aromatic carbocycles. The van der Waals surface area contributed by atoms with Crippen molar-refractivity contribution in [2.45, 2.75) is 0 Å². The number of rotatable bonds is 3. The average molecular weight is 281 g/mol. The van der Waals surface area contributed by atoms with Crippen molar-refractivity contribution in [2.75, 3.05) is 24.5 Å². The highest BCUT2D eigenvalue weighted by atomic mass is 35.5. The third-order valence-electron chi connectivity index (χ3n) is 2.77. The third-order valence-corrected chi connectivity index (χ3v) is 3.01. The van der Waals surface area contributed by atoms with Crippen molar-refractivity contribution in [3.63, 3.8) is 0 Å². The van der Waals surface area contributed by atoms with E-state index >= 15 is 0 Å². The number of carbonyl (C=O) groups excluding carboxylic acids is 1. The van der Waals surface area contributed by atoms with E-state index in [4.69, 9.17) is 16.7 Å². The first-order valence-corrected chi connectivity index (χ1v) is 6.16. The molecule has 5 nitrogen and oxygen atoms in total. The predicted molar refractivity (Wildman–Crippen MR) is 73.3 cm³/mol. The second-order valence-electron chi connectivity index (χ2n) is 4.15. The minimum Gasteiger partial charge on any atom is -0.478 e. The molecule has 1 heterocycles. The number of anilines is 1. The number of nitrogens with zero attached hydrogens (tertiary/aromatic N) is 1. The van der Waals surface area contributed by atoms with Gasteiger partial charge in [-0.15, -0.1) is 0 Å². The minimum atomic E-state index is -1.03. The monoisotopic (exact) mass is 280 g/mol. The fourth-order valence-corrected chi connectivity index (χ4v) is 2.13. The van der Waals surface area contributed by atoms with Gasteiger partial charge in [-0.2, -0.15) is 0 Å². The summed E-state index contributed by atoms with van der Waals surface area (Å²) in [6, 6.07) is 5.20. The molecule has 0 aromatic heterocycles. The number of carbonyl (C=O) groups is 2. The highest BCUT2D eigenvalue weighted by Crippen LogP contribution is 2.26. The maximum atomic E-state index is 11.4. The SMILES string of the molecule is O=C(O)/C=C/c1cc(Cl)ccc1N1CCNC(=O)C1. The molecule has 19 heavy (non-hydrogen) atoms. The van der Waals surface area contributed by atoms with E-state index in [-0.39, 0.29) is 12.5 Å². The maximum absolute atomic E-state index is 11.4. The third kappa shape index (κ3) is 3.48. The lowest BCUT2D eigenvalue weighted by Gasteiger charge is -2.30. The van der Waals surface area contributed by atoms with Crippen molar-refractivity contribution < 1.29 is 14.7 Å². The molecule has 0 atom stereocenters. The van der Waals surface area contributed by atoms with Crippen molar-refractivity contribution in [1.82, 2.24) is 5.32 Å². The standard InChI is InChI=1S/C13H13ClN2O3/c14-10-2-3-11(9(7-10)1-4-13(18)19)16-6-5-15-12(17)8-16/h1-4,7H,5-6,8H2,(H,15,17)(H,18,19)/b4-1+. The van der Waals surface area contributed by atoms with Crippen LogP contribution >= 0.6 is 11.6 Å². The van der Waals surface area contributed by atoms with Crippen molar-refractivity contribution in [3.05, 3.63) is 34.9 Å². The molecule has 0 radical (unpaired) electrons. The van der Waals surface area contributed by atoms with E-state index in [2.05, 4.69) is 5.32 Å². The number of hydrogen-bond donors (Lipinski definition) is 2. The van der Waals surface area contributed by atoms with Gasteiger partial charge in [-0.25, -0.2) is 4.79 Å². The van der Waals surface area contributed by atoms with Gasteiger partial charge in [-0.3, -0.25) is 4.79 Å². The van der Waals surface area contributed by atoms with Crippen LogP contribution in [0.2, 0.25) is 5.02 Å². The number of aliphatic carboxylic acids is 1. The Labute approximate surface area is 115 Å². The summed E-state index contributed by atoms with van der Waals surface area (Å²) in [6.45, 7) is 1.51. The van der Waals surface area contributed by atoms with E-state index in [0.29, 0.717) is 23.7 Å². The Hall–Kier alpha value is -2.01. The van der Waals surface area contributed by atoms with Gasteiger partial charge in [0, 0.05) is 29.9 Å². The minimum absolute atomic E-state index is 0.0469. The zero-order chi connectivity index (χ0) is 13.8. The van der Waals surface area contributed by atoms with E-state index in [1.807, 2.05) is 4.90 Å². The molecule has 0 saturated carbocycles. The molecule has 1 amide bonds. The first-order valence-electron chi connectivity index (χ1n) is 5.78. The van der Waals surface area contributed by atoms with Crippen LogP contribution in [0, 0.1) is 0 Å². The molecule has 1 fully saturated rings. The Morgan fingerprint density at radius 3 is 2.95 bits per heavy atom. The quantitative estimate of drug-likeness (QED) is 0.821. The molecular formula is C13H13ClN2O3. The van der Waals surface area contributed by atoms with Crippen LogP contribution < -0.4 is 10.2 Å². The molecular weight excluding hydrogens is 268 g/mol. The summed E-state index contributed by atoms with van der Waals surface area (Å²) in [5, 5.41) is 12.0. The lowest BCUT2D eigenvalue weighted by Crippen LogP contribution is -2.47. The van der Waals surface area contributed by atoms with Gasteiger partial charge in [-0.05, 0) is 29.8 Å². The Morgan fingerprint density at radius 1 is 1.47 bits per heavy atom. The fourth-order valence-electron chi connectivity index (χ4n) is 1.95. The zero-order valence-corrected chi connectivity index (χ0v) is 10.9. The highest BCUT2D eigenvalue weighted by molar-refractivity contribution is 6.30. The second kappa shape index (κ2) is 5.75. The normalized spacial score (nSPS) is 15.6.